The van der Waals surface area contributed by atoms with Crippen LogP contribution in [0.1, 0.15) is 35.2 Å². The maximum Gasteiger partial charge on any atom is 0.293 e. The van der Waals surface area contributed by atoms with E-state index in [1.807, 2.05) is 68.7 Å². The second kappa shape index (κ2) is 19.9. The minimum Gasteiger partial charge on any atom is -0.376 e. The molecular formula is C43H47ClN6O4S2. The topological polar surface area (TPSA) is 120 Å². The van der Waals surface area contributed by atoms with Crippen LogP contribution in [0.15, 0.2) is 131 Å². The largest absolute Gasteiger partial charge is 0.376 e. The van der Waals surface area contributed by atoms with Crippen LogP contribution in [0.5, 0.6) is 0 Å². The molecule has 0 aromatic heterocycles. The van der Waals surface area contributed by atoms with E-state index in [1.165, 1.54) is 17.2 Å². The molecule has 56 heavy (non-hydrogen) atoms. The summed E-state index contributed by atoms with van der Waals surface area (Å²) in [7, 11) is 1.97. The lowest BCUT2D eigenvalue weighted by Gasteiger charge is -2.34. The highest BCUT2D eigenvalue weighted by molar-refractivity contribution is 7.99. The lowest BCUT2D eigenvalue weighted by molar-refractivity contribution is -0.384. The van der Waals surface area contributed by atoms with Gasteiger partial charge in [0.25, 0.3) is 11.6 Å². The minimum absolute atomic E-state index is 0.0576. The fraction of sp³-hybridized carbons (Fsp3) is 0.279. The Morgan fingerprint density at radius 3 is 2.34 bits per heavy atom. The SMILES string of the molecule is CN(C)CCC(CSc1ccccc1)Nc1ccc(S(=O)NC(=O)c2ccc(N3CCC(NCc4ccccc4-c4ccc(Cl)cc4)CC3)cc2)cc1[N+](=O)[O-]. The Hall–Kier alpha value is -4.72. The van der Waals surface area contributed by atoms with Crippen LogP contribution in [0.25, 0.3) is 11.1 Å². The number of rotatable bonds is 17. The Kier molecular flexibility index (Phi) is 14.6. The zero-order valence-corrected chi connectivity index (χ0v) is 33.9. The monoisotopic (exact) mass is 810 g/mol. The van der Waals surface area contributed by atoms with Crippen molar-refractivity contribution >= 4 is 57.3 Å². The molecule has 0 saturated carbocycles. The van der Waals surface area contributed by atoms with Gasteiger partial charge in [-0.05, 0) is 117 Å². The third kappa shape index (κ3) is 11.4. The normalized spacial score (nSPS) is 14.3. The summed E-state index contributed by atoms with van der Waals surface area (Å²) in [5.74, 6) is 0.179. The summed E-state index contributed by atoms with van der Waals surface area (Å²) in [6.07, 6.45) is 2.73. The fourth-order valence-corrected chi connectivity index (χ4v) is 8.59. The average molecular weight is 811 g/mol. The summed E-state index contributed by atoms with van der Waals surface area (Å²) in [6.45, 7) is 3.32. The van der Waals surface area contributed by atoms with Crippen molar-refractivity contribution in [1.29, 1.82) is 0 Å². The smallest absolute Gasteiger partial charge is 0.293 e. The molecule has 1 heterocycles. The number of piperidine rings is 1. The van der Waals surface area contributed by atoms with Crippen molar-refractivity contribution in [3.05, 3.63) is 148 Å². The summed E-state index contributed by atoms with van der Waals surface area (Å²) in [5.41, 5.74) is 5.09. The highest BCUT2D eigenvalue weighted by Gasteiger charge is 2.23. The number of amides is 1. The van der Waals surface area contributed by atoms with E-state index < -0.39 is 21.8 Å². The van der Waals surface area contributed by atoms with Crippen LogP contribution in [0.2, 0.25) is 5.02 Å². The van der Waals surface area contributed by atoms with Gasteiger partial charge in [0.1, 0.15) is 5.69 Å². The second-order valence-electron chi connectivity index (χ2n) is 14.0. The van der Waals surface area contributed by atoms with Gasteiger partial charge in [-0.3, -0.25) is 19.6 Å². The van der Waals surface area contributed by atoms with Crippen LogP contribution in [0.3, 0.4) is 0 Å². The number of anilines is 2. The quantitative estimate of drug-likeness (QED) is 0.0482. The van der Waals surface area contributed by atoms with Gasteiger partial charge in [-0.1, -0.05) is 66.2 Å². The molecule has 2 unspecified atom stereocenters. The minimum atomic E-state index is -2.01. The van der Waals surface area contributed by atoms with E-state index >= 15 is 0 Å². The number of nitrogens with zero attached hydrogens (tertiary/aromatic N) is 3. The van der Waals surface area contributed by atoms with E-state index in [2.05, 4.69) is 61.6 Å². The first kappa shape index (κ1) is 40.9. The molecule has 10 nitrogen and oxygen atoms in total. The van der Waals surface area contributed by atoms with Crippen molar-refractivity contribution in [1.82, 2.24) is 14.9 Å². The van der Waals surface area contributed by atoms with Crippen LogP contribution < -0.4 is 20.3 Å². The third-order valence-corrected chi connectivity index (χ3v) is 12.3. The Labute approximate surface area is 340 Å². The van der Waals surface area contributed by atoms with E-state index in [9.17, 15) is 19.1 Å². The van der Waals surface area contributed by atoms with Gasteiger partial charge < -0.3 is 20.4 Å². The van der Waals surface area contributed by atoms with Gasteiger partial charge >= 0.3 is 0 Å². The van der Waals surface area contributed by atoms with Crippen molar-refractivity contribution in [2.45, 2.75) is 47.7 Å². The van der Waals surface area contributed by atoms with Crippen LogP contribution in [0, 0.1) is 10.1 Å². The number of hydrogen-bond acceptors (Lipinski definition) is 9. The molecule has 1 fully saturated rings. The molecule has 2 atom stereocenters. The lowest BCUT2D eigenvalue weighted by Crippen LogP contribution is -2.42. The molecule has 1 aliphatic rings. The predicted octanol–water partition coefficient (Wildman–Crippen LogP) is 8.65. The first-order valence-electron chi connectivity index (χ1n) is 18.7. The molecule has 3 N–H and O–H groups in total. The molecule has 1 saturated heterocycles. The summed E-state index contributed by atoms with van der Waals surface area (Å²) in [4.78, 5) is 30.5. The summed E-state index contributed by atoms with van der Waals surface area (Å²) in [5, 5.41) is 20.0. The van der Waals surface area contributed by atoms with Gasteiger partial charge in [-0.2, -0.15) is 0 Å². The summed E-state index contributed by atoms with van der Waals surface area (Å²) in [6, 6.07) is 38.3. The predicted molar refractivity (Wildman–Crippen MR) is 230 cm³/mol. The highest BCUT2D eigenvalue weighted by atomic mass is 35.5. The molecular weight excluding hydrogens is 764 g/mol. The molecule has 1 aliphatic heterocycles. The number of nitro benzene ring substituents is 1. The zero-order valence-electron chi connectivity index (χ0n) is 31.5. The van der Waals surface area contributed by atoms with Crippen LogP contribution in [-0.4, -0.2) is 71.5 Å². The molecule has 0 aliphatic carbocycles. The Balaban J connectivity index is 1.01. The van der Waals surface area contributed by atoms with Crippen LogP contribution in [0.4, 0.5) is 17.1 Å². The van der Waals surface area contributed by atoms with Gasteiger partial charge in [0.2, 0.25) is 0 Å². The Morgan fingerprint density at radius 2 is 1.64 bits per heavy atom. The number of carbonyl (C=O) groups is 1. The summed E-state index contributed by atoms with van der Waals surface area (Å²) < 4.78 is 15.8. The summed E-state index contributed by atoms with van der Waals surface area (Å²) >= 11 is 7.79. The molecule has 1 amide bonds. The molecule has 6 rings (SSSR count). The number of benzene rings is 5. The third-order valence-electron chi connectivity index (χ3n) is 9.79. The van der Waals surface area contributed by atoms with Gasteiger partial charge in [-0.15, -0.1) is 11.8 Å². The van der Waals surface area contributed by atoms with Gasteiger partial charge in [0, 0.05) is 64.7 Å². The Bertz CT molecular complexity index is 2100. The van der Waals surface area contributed by atoms with Crippen molar-refractivity contribution in [3.63, 3.8) is 0 Å². The Morgan fingerprint density at radius 1 is 0.946 bits per heavy atom. The van der Waals surface area contributed by atoms with Gasteiger partial charge in [-0.25, -0.2) is 4.21 Å². The van der Waals surface area contributed by atoms with E-state index in [1.54, 1.807) is 36.0 Å². The maximum absolute atomic E-state index is 13.3. The standard InChI is InChI=1S/C43H47ClN6O4S2/c1-48(2)25-22-36(30-55-38-9-4-3-5-10-38)46-41-21-20-39(28-42(41)50(52)53)56(54)47-43(51)32-14-18-37(19-15-32)49-26-23-35(24-27-49)45-29-33-8-6-7-11-40(33)31-12-16-34(44)17-13-31/h3-21,28,35-36,45-46H,22-27,29-30H2,1-2H3,(H,47,51). The molecule has 5 aromatic carbocycles. The van der Waals surface area contributed by atoms with Crippen LogP contribution in [-0.2, 0) is 17.5 Å². The molecule has 0 radical (unpaired) electrons. The van der Waals surface area contributed by atoms with Crippen molar-refractivity contribution in [3.8, 4) is 11.1 Å². The molecule has 5 aromatic rings. The van der Waals surface area contributed by atoms with Gasteiger partial charge in [0.05, 0.1) is 9.82 Å². The maximum atomic E-state index is 13.3. The highest BCUT2D eigenvalue weighted by Crippen LogP contribution is 2.30. The molecule has 0 bridgehead atoms. The number of carbonyl (C=O) groups excluding carboxylic acids is 1. The van der Waals surface area contributed by atoms with E-state index in [0.717, 1.165) is 66.6 Å². The number of nitrogens with one attached hydrogen (secondary N) is 3. The van der Waals surface area contributed by atoms with Crippen molar-refractivity contribution in [2.75, 3.05) is 49.7 Å². The number of halogens is 1. The number of nitro groups is 1. The first-order valence-corrected chi connectivity index (χ1v) is 21.2. The van der Waals surface area contributed by atoms with Crippen molar-refractivity contribution in [2.24, 2.45) is 0 Å². The zero-order chi connectivity index (χ0) is 39.4. The van der Waals surface area contributed by atoms with E-state index in [0.29, 0.717) is 23.0 Å². The first-order chi connectivity index (χ1) is 27.1. The van der Waals surface area contributed by atoms with Gasteiger partial charge in [0.15, 0.2) is 11.0 Å². The number of hydrogen-bond donors (Lipinski definition) is 3. The van der Waals surface area contributed by atoms with Crippen molar-refractivity contribution < 1.29 is 13.9 Å². The van der Waals surface area contributed by atoms with E-state index in [-0.39, 0.29) is 16.6 Å². The molecule has 13 heteroatoms. The molecule has 0 spiro atoms. The molecule has 292 valence electrons. The van der Waals surface area contributed by atoms with E-state index in [4.69, 9.17) is 11.6 Å². The van der Waals surface area contributed by atoms with Crippen LogP contribution >= 0.6 is 23.4 Å². The number of thioether (sulfide) groups is 1. The average Bonchev–Trinajstić information content (AvgIpc) is 3.22. The second-order valence-corrected chi connectivity index (χ2v) is 16.8. The fourth-order valence-electron chi connectivity index (χ4n) is 6.65. The lowest BCUT2D eigenvalue weighted by atomic mass is 9.98.